The predicted molar refractivity (Wildman–Crippen MR) is 85.8 cm³/mol. The summed E-state index contributed by atoms with van der Waals surface area (Å²) < 4.78 is 13.3. The first kappa shape index (κ1) is 16.0. The van der Waals surface area contributed by atoms with Crippen LogP contribution in [0.2, 0.25) is 0 Å². The van der Waals surface area contributed by atoms with Crippen LogP contribution >= 0.6 is 11.8 Å². The van der Waals surface area contributed by atoms with Crippen LogP contribution < -0.4 is 5.32 Å². The van der Waals surface area contributed by atoms with Crippen molar-refractivity contribution in [2.24, 2.45) is 0 Å². The van der Waals surface area contributed by atoms with Gasteiger partial charge in [-0.2, -0.15) is 0 Å². The van der Waals surface area contributed by atoms with Gasteiger partial charge in [-0.25, -0.2) is 4.39 Å². The van der Waals surface area contributed by atoms with Crippen LogP contribution in [0.3, 0.4) is 0 Å². The van der Waals surface area contributed by atoms with E-state index in [4.69, 9.17) is 5.11 Å². The van der Waals surface area contributed by atoms with Gasteiger partial charge in [0.2, 0.25) is 0 Å². The maximum atomic E-state index is 13.3. The third-order valence-electron chi connectivity index (χ3n) is 3.51. The van der Waals surface area contributed by atoms with Gasteiger partial charge in [-0.15, -0.1) is 11.8 Å². The number of nitrogens with one attached hydrogen (secondary N) is 1. The fraction of sp³-hybridized carbons (Fsp3) is 0.294. The van der Waals surface area contributed by atoms with Crippen molar-refractivity contribution in [3.05, 3.63) is 65.0 Å². The molecule has 2 aromatic carbocycles. The molecule has 0 spiro atoms. The van der Waals surface area contributed by atoms with Gasteiger partial charge in [0.1, 0.15) is 5.82 Å². The first-order chi connectivity index (χ1) is 10.1. The molecule has 21 heavy (non-hydrogen) atoms. The van der Waals surface area contributed by atoms with Crippen LogP contribution in [0.1, 0.15) is 29.7 Å². The summed E-state index contributed by atoms with van der Waals surface area (Å²) in [5.41, 5.74) is 2.52. The van der Waals surface area contributed by atoms with E-state index in [1.807, 2.05) is 0 Å². The molecule has 0 aliphatic rings. The van der Waals surface area contributed by atoms with Gasteiger partial charge in [0, 0.05) is 23.0 Å². The molecule has 2 rings (SSSR count). The maximum Gasteiger partial charge on any atom is 0.128 e. The molecule has 0 bridgehead atoms. The zero-order chi connectivity index (χ0) is 15.2. The Labute approximate surface area is 129 Å². The van der Waals surface area contributed by atoms with Crippen LogP contribution in [-0.2, 0) is 13.2 Å². The van der Waals surface area contributed by atoms with Gasteiger partial charge >= 0.3 is 0 Å². The Hall–Kier alpha value is -1.36. The Bertz CT molecular complexity index is 586. The van der Waals surface area contributed by atoms with Crippen LogP contribution in [0.25, 0.3) is 0 Å². The smallest absolute Gasteiger partial charge is 0.128 e. The van der Waals surface area contributed by atoms with E-state index < -0.39 is 0 Å². The molecule has 0 aliphatic heterocycles. The summed E-state index contributed by atoms with van der Waals surface area (Å²) in [7, 11) is 0. The van der Waals surface area contributed by atoms with E-state index in [9.17, 15) is 4.39 Å². The molecule has 2 aromatic rings. The van der Waals surface area contributed by atoms with Crippen molar-refractivity contribution in [1.29, 1.82) is 0 Å². The second kappa shape index (κ2) is 7.59. The highest BCUT2D eigenvalue weighted by molar-refractivity contribution is 7.98. The molecule has 2 N–H and O–H groups in total. The fourth-order valence-electron chi connectivity index (χ4n) is 2.14. The predicted octanol–water partition coefficient (Wildman–Crippen LogP) is 3.89. The zero-order valence-corrected chi connectivity index (χ0v) is 13.1. The Morgan fingerprint density at radius 2 is 1.90 bits per heavy atom. The van der Waals surface area contributed by atoms with E-state index in [2.05, 4.69) is 42.8 Å². The van der Waals surface area contributed by atoms with Gasteiger partial charge in [0.15, 0.2) is 0 Å². The minimum Gasteiger partial charge on any atom is -0.392 e. The van der Waals surface area contributed by atoms with Crippen molar-refractivity contribution < 1.29 is 9.50 Å². The minimum atomic E-state index is -0.359. The highest BCUT2D eigenvalue weighted by Gasteiger charge is 2.07. The van der Waals surface area contributed by atoms with Crippen molar-refractivity contribution in [2.45, 2.75) is 31.0 Å². The Balaban J connectivity index is 1.98. The van der Waals surface area contributed by atoms with Gasteiger partial charge in [-0.3, -0.25) is 0 Å². The molecular formula is C17H20FNOS. The summed E-state index contributed by atoms with van der Waals surface area (Å²) >= 11 is 1.73. The quantitative estimate of drug-likeness (QED) is 0.794. The SMILES string of the molecule is CSc1ccc(C(C)NCc2ccc(F)c(CO)c2)cc1. The highest BCUT2D eigenvalue weighted by Crippen LogP contribution is 2.19. The topological polar surface area (TPSA) is 32.3 Å². The first-order valence-corrected chi connectivity index (χ1v) is 8.12. The fourth-order valence-corrected chi connectivity index (χ4v) is 2.55. The number of hydrogen-bond donors (Lipinski definition) is 2. The lowest BCUT2D eigenvalue weighted by molar-refractivity contribution is 0.275. The van der Waals surface area contributed by atoms with Gasteiger partial charge in [0.25, 0.3) is 0 Å². The van der Waals surface area contributed by atoms with E-state index in [1.54, 1.807) is 23.9 Å². The molecule has 0 fully saturated rings. The van der Waals surface area contributed by atoms with Gasteiger partial charge in [-0.1, -0.05) is 18.2 Å². The lowest BCUT2D eigenvalue weighted by Crippen LogP contribution is -2.18. The molecule has 2 nitrogen and oxygen atoms in total. The molecular weight excluding hydrogens is 285 g/mol. The van der Waals surface area contributed by atoms with Crippen LogP contribution in [0.15, 0.2) is 47.4 Å². The van der Waals surface area contributed by atoms with Crippen molar-refractivity contribution in [3.8, 4) is 0 Å². The molecule has 0 amide bonds. The third kappa shape index (κ3) is 4.30. The molecule has 0 aromatic heterocycles. The van der Waals surface area contributed by atoms with E-state index in [0.717, 1.165) is 5.56 Å². The molecule has 4 heteroatoms. The summed E-state index contributed by atoms with van der Waals surface area (Å²) in [5.74, 6) is -0.359. The highest BCUT2D eigenvalue weighted by atomic mass is 32.2. The zero-order valence-electron chi connectivity index (χ0n) is 12.3. The average Bonchev–Trinajstić information content (AvgIpc) is 2.53. The second-order valence-electron chi connectivity index (χ2n) is 4.96. The molecule has 1 atom stereocenters. The van der Waals surface area contributed by atoms with Crippen molar-refractivity contribution in [1.82, 2.24) is 5.32 Å². The normalized spacial score (nSPS) is 12.4. The summed E-state index contributed by atoms with van der Waals surface area (Å²) in [6.45, 7) is 2.47. The van der Waals surface area contributed by atoms with Gasteiger partial charge in [0.05, 0.1) is 6.61 Å². The maximum absolute atomic E-state index is 13.3. The second-order valence-corrected chi connectivity index (χ2v) is 5.84. The van der Waals surface area contributed by atoms with Crippen molar-refractivity contribution in [2.75, 3.05) is 6.26 Å². The van der Waals surface area contributed by atoms with Crippen molar-refractivity contribution in [3.63, 3.8) is 0 Å². The molecule has 0 saturated heterocycles. The van der Waals surface area contributed by atoms with E-state index in [1.165, 1.54) is 16.5 Å². The lowest BCUT2D eigenvalue weighted by atomic mass is 10.1. The van der Waals surface area contributed by atoms with E-state index >= 15 is 0 Å². The largest absolute Gasteiger partial charge is 0.392 e. The molecule has 0 radical (unpaired) electrons. The molecule has 0 saturated carbocycles. The van der Waals surface area contributed by atoms with Crippen LogP contribution in [0.4, 0.5) is 4.39 Å². The number of aliphatic hydroxyl groups is 1. The molecule has 112 valence electrons. The van der Waals surface area contributed by atoms with Gasteiger partial charge < -0.3 is 10.4 Å². The number of rotatable bonds is 6. The number of halogens is 1. The Morgan fingerprint density at radius 1 is 1.19 bits per heavy atom. The van der Waals surface area contributed by atoms with Gasteiger partial charge in [-0.05, 0) is 48.6 Å². The van der Waals surface area contributed by atoms with E-state index in [0.29, 0.717) is 12.1 Å². The summed E-state index contributed by atoms with van der Waals surface area (Å²) in [5, 5.41) is 12.5. The Morgan fingerprint density at radius 3 is 2.52 bits per heavy atom. The number of hydrogen-bond acceptors (Lipinski definition) is 3. The lowest BCUT2D eigenvalue weighted by Gasteiger charge is -2.15. The van der Waals surface area contributed by atoms with Crippen LogP contribution in [0, 0.1) is 5.82 Å². The Kier molecular flexibility index (Phi) is 5.79. The molecule has 0 heterocycles. The van der Waals surface area contributed by atoms with Crippen LogP contribution in [-0.4, -0.2) is 11.4 Å². The third-order valence-corrected chi connectivity index (χ3v) is 4.25. The monoisotopic (exact) mass is 305 g/mol. The number of aliphatic hydroxyl groups excluding tert-OH is 1. The number of benzene rings is 2. The van der Waals surface area contributed by atoms with Crippen LogP contribution in [0.5, 0.6) is 0 Å². The molecule has 1 unspecified atom stereocenters. The summed E-state index contributed by atoms with van der Waals surface area (Å²) in [6, 6.07) is 13.5. The van der Waals surface area contributed by atoms with Crippen molar-refractivity contribution >= 4 is 11.8 Å². The summed E-state index contributed by atoms with van der Waals surface area (Å²) in [4.78, 5) is 1.25. The summed E-state index contributed by atoms with van der Waals surface area (Å²) in [6.07, 6.45) is 2.06. The minimum absolute atomic E-state index is 0.212. The molecule has 0 aliphatic carbocycles. The van der Waals surface area contributed by atoms with E-state index in [-0.39, 0.29) is 18.5 Å². The standard InChI is InChI=1S/C17H20FNOS/c1-12(14-4-6-16(21-2)7-5-14)19-10-13-3-8-17(18)15(9-13)11-20/h3-9,12,19-20H,10-11H2,1-2H3. The average molecular weight is 305 g/mol. The first-order valence-electron chi connectivity index (χ1n) is 6.89. The number of thioether (sulfide) groups is 1.